The molecular weight excluding hydrogens is 416 g/mol. The van der Waals surface area contributed by atoms with Crippen molar-refractivity contribution in [2.45, 2.75) is 20.3 Å². The van der Waals surface area contributed by atoms with E-state index < -0.39 is 0 Å². The molecule has 1 amide bonds. The highest BCUT2D eigenvalue weighted by Gasteiger charge is 2.24. The van der Waals surface area contributed by atoms with Crippen LogP contribution in [0.1, 0.15) is 27.7 Å². The average Bonchev–Trinajstić information content (AvgIpc) is 3.28. The summed E-state index contributed by atoms with van der Waals surface area (Å²) in [5.41, 5.74) is 4.17. The fraction of sp³-hybridized carbons (Fsp3) is 0.269. The lowest BCUT2D eigenvalue weighted by Crippen LogP contribution is -2.49. The lowest BCUT2D eigenvalue weighted by atomic mass is 10.0. The van der Waals surface area contributed by atoms with Crippen LogP contribution in [0.2, 0.25) is 0 Å². The van der Waals surface area contributed by atoms with Crippen LogP contribution in [0.15, 0.2) is 60.9 Å². The molecule has 0 unspecified atom stereocenters. The van der Waals surface area contributed by atoms with Gasteiger partial charge in [-0.2, -0.15) is 0 Å². The summed E-state index contributed by atoms with van der Waals surface area (Å²) in [7, 11) is 0. The Morgan fingerprint density at radius 3 is 2.50 bits per heavy atom. The number of amides is 1. The first-order chi connectivity index (χ1) is 15.6. The summed E-state index contributed by atoms with van der Waals surface area (Å²) in [4.78, 5) is 28.8. The maximum atomic E-state index is 13.2. The summed E-state index contributed by atoms with van der Waals surface area (Å²) in [6.07, 6.45) is 2.66. The number of fused-ring (bicyclic) bond motifs is 1. The molecule has 0 N–H and O–H groups in total. The summed E-state index contributed by atoms with van der Waals surface area (Å²) in [6.45, 7) is 7.15. The molecule has 5 rings (SSSR count). The predicted molar refractivity (Wildman–Crippen MR) is 132 cm³/mol. The summed E-state index contributed by atoms with van der Waals surface area (Å²) < 4.78 is 0. The van der Waals surface area contributed by atoms with Crippen molar-refractivity contribution in [3.05, 3.63) is 76.9 Å². The summed E-state index contributed by atoms with van der Waals surface area (Å²) in [5.74, 6) is 1.08. The van der Waals surface area contributed by atoms with E-state index in [-0.39, 0.29) is 5.91 Å². The average molecular weight is 443 g/mol. The van der Waals surface area contributed by atoms with Gasteiger partial charge in [-0.15, -0.1) is 11.3 Å². The number of thiophene rings is 1. The van der Waals surface area contributed by atoms with Crippen LogP contribution >= 0.6 is 11.3 Å². The number of aromatic nitrogens is 2. The van der Waals surface area contributed by atoms with E-state index in [9.17, 15) is 4.79 Å². The normalized spacial score (nSPS) is 14.2. The number of aryl methyl sites for hydroxylation is 2. The second kappa shape index (κ2) is 8.71. The van der Waals surface area contributed by atoms with Crippen LogP contribution in [-0.2, 0) is 6.42 Å². The molecule has 0 atom stereocenters. The number of piperazine rings is 1. The maximum absolute atomic E-state index is 13.2. The molecule has 0 saturated carbocycles. The summed E-state index contributed by atoms with van der Waals surface area (Å²) in [5, 5.41) is 1.12. The summed E-state index contributed by atoms with van der Waals surface area (Å²) >= 11 is 1.74. The molecule has 0 radical (unpaired) electrons. The first kappa shape index (κ1) is 20.6. The molecule has 0 aliphatic carbocycles. The van der Waals surface area contributed by atoms with Crippen LogP contribution in [0.5, 0.6) is 0 Å². The van der Waals surface area contributed by atoms with E-state index in [2.05, 4.69) is 65.1 Å². The van der Waals surface area contributed by atoms with Gasteiger partial charge in [0.05, 0.1) is 5.39 Å². The number of carbonyl (C=O) groups excluding carboxylic acids is 1. The Kier molecular flexibility index (Phi) is 5.62. The molecule has 0 bridgehead atoms. The highest BCUT2D eigenvalue weighted by molar-refractivity contribution is 7.18. The molecule has 2 aromatic carbocycles. The van der Waals surface area contributed by atoms with Crippen molar-refractivity contribution in [3.8, 4) is 11.1 Å². The van der Waals surface area contributed by atoms with Gasteiger partial charge in [0.25, 0.3) is 5.91 Å². The zero-order valence-corrected chi connectivity index (χ0v) is 19.2. The van der Waals surface area contributed by atoms with Crippen LogP contribution in [-0.4, -0.2) is 47.0 Å². The van der Waals surface area contributed by atoms with Crippen molar-refractivity contribution in [3.63, 3.8) is 0 Å². The Balaban J connectivity index is 1.31. The van der Waals surface area contributed by atoms with Gasteiger partial charge in [0.1, 0.15) is 17.0 Å². The second-order valence-corrected chi connectivity index (χ2v) is 9.32. The minimum Gasteiger partial charge on any atom is -0.352 e. The smallest absolute Gasteiger partial charge is 0.253 e. The molecule has 1 aliphatic heterocycles. The summed E-state index contributed by atoms with van der Waals surface area (Å²) in [6, 6.07) is 18.6. The van der Waals surface area contributed by atoms with Gasteiger partial charge in [0.15, 0.2) is 0 Å². The quantitative estimate of drug-likeness (QED) is 0.436. The van der Waals surface area contributed by atoms with Gasteiger partial charge in [-0.05, 0) is 42.7 Å². The number of nitrogens with zero attached hydrogens (tertiary/aromatic N) is 4. The van der Waals surface area contributed by atoms with Gasteiger partial charge in [-0.1, -0.05) is 48.9 Å². The van der Waals surface area contributed by atoms with Gasteiger partial charge in [0, 0.05) is 36.6 Å². The van der Waals surface area contributed by atoms with Gasteiger partial charge >= 0.3 is 0 Å². The minimum absolute atomic E-state index is 0.0928. The molecule has 32 heavy (non-hydrogen) atoms. The first-order valence-electron chi connectivity index (χ1n) is 11.1. The van der Waals surface area contributed by atoms with Crippen molar-refractivity contribution in [2.75, 3.05) is 31.1 Å². The Hall–Kier alpha value is -3.25. The van der Waals surface area contributed by atoms with Gasteiger partial charge < -0.3 is 9.80 Å². The van der Waals surface area contributed by atoms with Crippen molar-refractivity contribution < 1.29 is 4.79 Å². The molecular formula is C26H26N4OS. The van der Waals surface area contributed by atoms with Crippen LogP contribution in [0.25, 0.3) is 21.3 Å². The molecule has 1 fully saturated rings. The molecule has 3 heterocycles. The van der Waals surface area contributed by atoms with E-state index >= 15 is 0 Å². The van der Waals surface area contributed by atoms with E-state index in [4.69, 9.17) is 0 Å². The number of carbonyl (C=O) groups is 1. The third kappa shape index (κ3) is 3.98. The number of hydrogen-bond donors (Lipinski definition) is 0. The molecule has 162 valence electrons. The van der Waals surface area contributed by atoms with E-state index in [0.717, 1.165) is 52.2 Å². The lowest BCUT2D eigenvalue weighted by molar-refractivity contribution is 0.0746. The Morgan fingerprint density at radius 2 is 1.75 bits per heavy atom. The zero-order chi connectivity index (χ0) is 22.1. The number of hydrogen-bond acceptors (Lipinski definition) is 5. The highest BCUT2D eigenvalue weighted by atomic mass is 32.1. The van der Waals surface area contributed by atoms with E-state index in [1.807, 2.05) is 23.1 Å². The van der Waals surface area contributed by atoms with Gasteiger partial charge in [0.2, 0.25) is 0 Å². The Labute approximate surface area is 192 Å². The topological polar surface area (TPSA) is 49.3 Å². The third-order valence-corrected chi connectivity index (χ3v) is 7.26. The van der Waals surface area contributed by atoms with Crippen LogP contribution in [0.3, 0.4) is 0 Å². The lowest BCUT2D eigenvalue weighted by Gasteiger charge is -2.35. The Morgan fingerprint density at radius 1 is 0.969 bits per heavy atom. The molecule has 1 aliphatic rings. The van der Waals surface area contributed by atoms with Crippen LogP contribution < -0.4 is 4.90 Å². The minimum atomic E-state index is 0.0928. The predicted octanol–water partition coefficient (Wildman–Crippen LogP) is 5.19. The van der Waals surface area contributed by atoms with Gasteiger partial charge in [-0.3, -0.25) is 4.79 Å². The van der Waals surface area contributed by atoms with E-state index in [1.165, 1.54) is 10.4 Å². The molecule has 0 spiro atoms. The first-order valence-corrected chi connectivity index (χ1v) is 11.9. The molecule has 1 saturated heterocycles. The van der Waals surface area contributed by atoms with Gasteiger partial charge in [-0.25, -0.2) is 9.97 Å². The second-order valence-electron chi connectivity index (χ2n) is 8.21. The largest absolute Gasteiger partial charge is 0.352 e. The monoisotopic (exact) mass is 442 g/mol. The SMILES string of the molecule is CCc1cc2c(N3CCN(C(=O)c4cccc(-c5ccc(C)cc5)c4)CC3)ncnc2s1. The Bertz CT molecular complexity index is 1260. The van der Waals surface area contributed by atoms with Crippen molar-refractivity contribution >= 4 is 33.3 Å². The van der Waals surface area contributed by atoms with E-state index in [1.54, 1.807) is 17.7 Å². The van der Waals surface area contributed by atoms with E-state index in [0.29, 0.717) is 13.1 Å². The number of anilines is 1. The van der Waals surface area contributed by atoms with Crippen molar-refractivity contribution in [2.24, 2.45) is 0 Å². The fourth-order valence-corrected chi connectivity index (χ4v) is 5.13. The van der Waals surface area contributed by atoms with Crippen LogP contribution in [0, 0.1) is 6.92 Å². The van der Waals surface area contributed by atoms with Crippen molar-refractivity contribution in [1.29, 1.82) is 0 Å². The standard InChI is InChI=1S/C26H26N4OS/c1-3-22-16-23-24(27-17-28-25(23)32-22)29-11-13-30(14-12-29)26(31)21-6-4-5-20(15-21)19-9-7-18(2)8-10-19/h4-10,15-17H,3,11-14H2,1-2H3. The third-order valence-electron chi connectivity index (χ3n) is 6.07. The zero-order valence-electron chi connectivity index (χ0n) is 18.4. The molecule has 2 aromatic heterocycles. The maximum Gasteiger partial charge on any atom is 0.253 e. The molecule has 4 aromatic rings. The fourth-order valence-electron chi connectivity index (χ4n) is 4.20. The molecule has 6 heteroatoms. The molecule has 5 nitrogen and oxygen atoms in total. The highest BCUT2D eigenvalue weighted by Crippen LogP contribution is 2.31. The van der Waals surface area contributed by atoms with Crippen molar-refractivity contribution in [1.82, 2.24) is 14.9 Å². The number of benzene rings is 2. The van der Waals surface area contributed by atoms with Crippen LogP contribution in [0.4, 0.5) is 5.82 Å². The number of rotatable bonds is 4.